The Morgan fingerprint density at radius 3 is 2.48 bits per heavy atom. The molecular weight excluding hydrogens is 342 g/mol. The lowest BCUT2D eigenvalue weighted by Crippen LogP contribution is -2.34. The fourth-order valence-electron chi connectivity index (χ4n) is 2.62. The predicted octanol–water partition coefficient (Wildman–Crippen LogP) is 3.73. The molecule has 1 aromatic heterocycles. The molecule has 0 saturated heterocycles. The van der Waals surface area contributed by atoms with E-state index in [0.717, 1.165) is 12.0 Å². The number of aromatic nitrogens is 2. The summed E-state index contributed by atoms with van der Waals surface area (Å²) in [6, 6.07) is 17.3. The highest BCUT2D eigenvalue weighted by Crippen LogP contribution is 2.16. The molecule has 0 N–H and O–H groups in total. The molecule has 0 aliphatic rings. The third-order valence-corrected chi connectivity index (χ3v) is 4.25. The van der Waals surface area contributed by atoms with Gasteiger partial charge >= 0.3 is 0 Å². The van der Waals surface area contributed by atoms with E-state index in [0.29, 0.717) is 24.0 Å². The Labute approximate surface area is 158 Å². The zero-order chi connectivity index (χ0) is 19.1. The first kappa shape index (κ1) is 18.6. The molecule has 0 aliphatic carbocycles. The molecule has 3 aromatic rings. The molecule has 0 bridgehead atoms. The number of hydrogen-bond acceptors (Lipinski definition) is 5. The normalized spacial score (nSPS) is 10.6. The van der Waals surface area contributed by atoms with Crippen LogP contribution in [0.15, 0.2) is 59.1 Å². The van der Waals surface area contributed by atoms with Gasteiger partial charge in [-0.2, -0.15) is 4.98 Å². The van der Waals surface area contributed by atoms with Crippen LogP contribution in [-0.4, -0.2) is 34.1 Å². The summed E-state index contributed by atoms with van der Waals surface area (Å²) in [6.45, 7) is 4.76. The minimum absolute atomic E-state index is 0.0288. The lowest BCUT2D eigenvalue weighted by molar-refractivity contribution is -0.134. The molecule has 2 aromatic carbocycles. The van der Waals surface area contributed by atoms with Gasteiger partial charge in [-0.25, -0.2) is 0 Å². The van der Waals surface area contributed by atoms with Gasteiger partial charge in [-0.05, 0) is 31.0 Å². The zero-order valence-electron chi connectivity index (χ0n) is 15.6. The molecule has 0 unspecified atom stereocenters. The summed E-state index contributed by atoms with van der Waals surface area (Å²) >= 11 is 0. The van der Waals surface area contributed by atoms with Crippen molar-refractivity contribution in [3.63, 3.8) is 0 Å². The molecular formula is C21H23N3O3. The highest BCUT2D eigenvalue weighted by Gasteiger charge is 2.17. The van der Waals surface area contributed by atoms with Crippen molar-refractivity contribution in [2.45, 2.75) is 26.8 Å². The number of rotatable bonds is 8. The number of aryl methyl sites for hydroxylation is 1. The standard InChI is InChI=1S/C21H23N3O3/c1-3-16-10-12-18(13-11-16)26-15-20(25)24(4-2)14-19-22-21(23-27-19)17-8-6-5-7-9-17/h5-13H,3-4,14-15H2,1-2H3. The maximum atomic E-state index is 12.5. The first-order valence-electron chi connectivity index (χ1n) is 9.07. The molecule has 0 saturated carbocycles. The van der Waals surface area contributed by atoms with Gasteiger partial charge < -0.3 is 14.2 Å². The molecule has 3 rings (SSSR count). The first-order chi connectivity index (χ1) is 13.2. The molecule has 1 heterocycles. The lowest BCUT2D eigenvalue weighted by Gasteiger charge is -2.19. The summed E-state index contributed by atoms with van der Waals surface area (Å²) in [6.07, 6.45) is 0.970. The predicted molar refractivity (Wildman–Crippen MR) is 102 cm³/mol. The fraction of sp³-hybridized carbons (Fsp3) is 0.286. The van der Waals surface area contributed by atoms with Crippen LogP contribution in [0.2, 0.25) is 0 Å². The van der Waals surface area contributed by atoms with E-state index in [1.54, 1.807) is 4.90 Å². The minimum atomic E-state index is -0.128. The number of amides is 1. The second kappa shape index (κ2) is 8.98. The van der Waals surface area contributed by atoms with Gasteiger partial charge in [0.2, 0.25) is 11.7 Å². The van der Waals surface area contributed by atoms with Gasteiger partial charge in [-0.1, -0.05) is 54.5 Å². The number of nitrogens with zero attached hydrogens (tertiary/aromatic N) is 3. The Bertz CT molecular complexity index is 860. The van der Waals surface area contributed by atoms with Crippen LogP contribution in [0.5, 0.6) is 5.75 Å². The first-order valence-corrected chi connectivity index (χ1v) is 9.07. The second-order valence-electron chi connectivity index (χ2n) is 6.07. The SMILES string of the molecule is CCc1ccc(OCC(=O)N(CC)Cc2nc(-c3ccccc3)no2)cc1. The minimum Gasteiger partial charge on any atom is -0.484 e. The highest BCUT2D eigenvalue weighted by atomic mass is 16.5. The second-order valence-corrected chi connectivity index (χ2v) is 6.07. The van der Waals surface area contributed by atoms with E-state index in [4.69, 9.17) is 9.26 Å². The van der Waals surface area contributed by atoms with Crippen LogP contribution in [0.1, 0.15) is 25.3 Å². The fourth-order valence-corrected chi connectivity index (χ4v) is 2.62. The van der Waals surface area contributed by atoms with E-state index in [1.807, 2.05) is 61.5 Å². The van der Waals surface area contributed by atoms with E-state index in [9.17, 15) is 4.79 Å². The van der Waals surface area contributed by atoms with Crippen molar-refractivity contribution in [2.75, 3.05) is 13.2 Å². The number of carbonyl (C=O) groups excluding carboxylic acids is 1. The smallest absolute Gasteiger partial charge is 0.260 e. The Morgan fingerprint density at radius 1 is 1.07 bits per heavy atom. The molecule has 6 nitrogen and oxygen atoms in total. The van der Waals surface area contributed by atoms with Crippen LogP contribution in [0.3, 0.4) is 0 Å². The van der Waals surface area contributed by atoms with Crippen molar-refractivity contribution in [1.29, 1.82) is 0 Å². The van der Waals surface area contributed by atoms with Gasteiger partial charge in [0.05, 0.1) is 0 Å². The van der Waals surface area contributed by atoms with E-state index in [-0.39, 0.29) is 19.1 Å². The highest BCUT2D eigenvalue weighted by molar-refractivity contribution is 5.77. The zero-order valence-corrected chi connectivity index (χ0v) is 15.6. The summed E-state index contributed by atoms with van der Waals surface area (Å²) in [5, 5.41) is 3.99. The van der Waals surface area contributed by atoms with Crippen LogP contribution in [0.4, 0.5) is 0 Å². The van der Waals surface area contributed by atoms with Crippen LogP contribution in [0, 0.1) is 0 Å². The van der Waals surface area contributed by atoms with E-state index >= 15 is 0 Å². The van der Waals surface area contributed by atoms with Gasteiger partial charge in [-0.15, -0.1) is 0 Å². The summed E-state index contributed by atoms with van der Waals surface area (Å²) in [5.74, 6) is 1.47. The van der Waals surface area contributed by atoms with Crippen LogP contribution in [-0.2, 0) is 17.8 Å². The average Bonchev–Trinajstić information content (AvgIpc) is 3.20. The molecule has 0 aliphatic heterocycles. The third kappa shape index (κ3) is 4.94. The quantitative estimate of drug-likeness (QED) is 0.608. The summed E-state index contributed by atoms with van der Waals surface area (Å²) in [5.41, 5.74) is 2.11. The monoisotopic (exact) mass is 365 g/mol. The average molecular weight is 365 g/mol. The number of hydrogen-bond donors (Lipinski definition) is 0. The number of benzene rings is 2. The molecule has 140 valence electrons. The van der Waals surface area contributed by atoms with E-state index < -0.39 is 0 Å². The Balaban J connectivity index is 1.57. The number of ether oxygens (including phenoxy) is 1. The Morgan fingerprint density at radius 2 is 1.81 bits per heavy atom. The van der Waals surface area contributed by atoms with Crippen molar-refractivity contribution < 1.29 is 14.1 Å². The van der Waals surface area contributed by atoms with Crippen molar-refractivity contribution >= 4 is 5.91 Å². The van der Waals surface area contributed by atoms with Crippen LogP contribution < -0.4 is 4.74 Å². The maximum Gasteiger partial charge on any atom is 0.260 e. The van der Waals surface area contributed by atoms with Crippen LogP contribution in [0.25, 0.3) is 11.4 Å². The van der Waals surface area contributed by atoms with E-state index in [1.165, 1.54) is 5.56 Å². The third-order valence-electron chi connectivity index (χ3n) is 4.25. The van der Waals surface area contributed by atoms with E-state index in [2.05, 4.69) is 17.1 Å². The van der Waals surface area contributed by atoms with Crippen molar-refractivity contribution in [1.82, 2.24) is 15.0 Å². The van der Waals surface area contributed by atoms with Gasteiger partial charge in [0.15, 0.2) is 6.61 Å². The molecule has 0 fully saturated rings. The van der Waals surface area contributed by atoms with Gasteiger partial charge in [0, 0.05) is 12.1 Å². The molecule has 6 heteroatoms. The number of carbonyl (C=O) groups is 1. The Hall–Kier alpha value is -3.15. The van der Waals surface area contributed by atoms with Crippen LogP contribution >= 0.6 is 0 Å². The lowest BCUT2D eigenvalue weighted by atomic mass is 10.2. The largest absolute Gasteiger partial charge is 0.484 e. The van der Waals surface area contributed by atoms with Crippen molar-refractivity contribution in [3.05, 3.63) is 66.1 Å². The summed E-state index contributed by atoms with van der Waals surface area (Å²) < 4.78 is 10.9. The topological polar surface area (TPSA) is 68.5 Å². The Kier molecular flexibility index (Phi) is 6.20. The van der Waals surface area contributed by atoms with Gasteiger partial charge in [0.25, 0.3) is 5.91 Å². The molecule has 0 spiro atoms. The summed E-state index contributed by atoms with van der Waals surface area (Å²) in [7, 11) is 0. The maximum absolute atomic E-state index is 12.5. The van der Waals surface area contributed by atoms with Crippen molar-refractivity contribution in [2.24, 2.45) is 0 Å². The molecule has 27 heavy (non-hydrogen) atoms. The molecule has 0 radical (unpaired) electrons. The number of likely N-dealkylation sites (N-methyl/N-ethyl adjacent to an activating group) is 1. The van der Waals surface area contributed by atoms with Gasteiger partial charge in [0.1, 0.15) is 12.3 Å². The molecule has 1 amide bonds. The summed E-state index contributed by atoms with van der Waals surface area (Å²) in [4.78, 5) is 18.5. The van der Waals surface area contributed by atoms with Crippen molar-refractivity contribution in [3.8, 4) is 17.1 Å². The van der Waals surface area contributed by atoms with Gasteiger partial charge in [-0.3, -0.25) is 4.79 Å². The molecule has 0 atom stereocenters.